The highest BCUT2D eigenvalue weighted by atomic mass is 19.3. The van der Waals surface area contributed by atoms with E-state index in [0.29, 0.717) is 5.56 Å². The van der Waals surface area contributed by atoms with Crippen LogP contribution in [0.1, 0.15) is 12.0 Å². The minimum absolute atomic E-state index is 0.0178. The van der Waals surface area contributed by atoms with Crippen molar-refractivity contribution in [2.24, 2.45) is 0 Å². The maximum Gasteiger partial charge on any atom is 0.272 e. The minimum Gasteiger partial charge on any atom is -0.486 e. The van der Waals surface area contributed by atoms with Crippen LogP contribution in [0, 0.1) is 17.7 Å². The monoisotopic (exact) mass is 244 g/mol. The van der Waals surface area contributed by atoms with Gasteiger partial charge in [-0.05, 0) is 12.1 Å². The SMILES string of the molecule is OCCC#Cc1ccc(F)cc1OCC(F)F. The number of hydrogen-bond acceptors (Lipinski definition) is 2. The molecule has 0 heterocycles. The van der Waals surface area contributed by atoms with Crippen molar-refractivity contribution in [2.75, 3.05) is 13.2 Å². The predicted octanol–water partition coefficient (Wildman–Crippen LogP) is 2.20. The molecule has 1 aromatic carbocycles. The second-order valence-electron chi connectivity index (χ2n) is 3.12. The molecule has 0 unspecified atom stereocenters. The molecule has 0 fully saturated rings. The Hall–Kier alpha value is -1.67. The van der Waals surface area contributed by atoms with Crippen molar-refractivity contribution in [3.8, 4) is 17.6 Å². The number of alkyl halides is 2. The van der Waals surface area contributed by atoms with E-state index in [1.807, 2.05) is 0 Å². The van der Waals surface area contributed by atoms with E-state index in [0.717, 1.165) is 12.1 Å². The Labute approximate surface area is 97.0 Å². The average molecular weight is 244 g/mol. The molecule has 0 amide bonds. The van der Waals surface area contributed by atoms with E-state index in [4.69, 9.17) is 9.84 Å². The summed E-state index contributed by atoms with van der Waals surface area (Å²) in [5, 5.41) is 8.54. The van der Waals surface area contributed by atoms with Gasteiger partial charge in [-0.2, -0.15) is 0 Å². The Morgan fingerprint density at radius 1 is 1.35 bits per heavy atom. The lowest BCUT2D eigenvalue weighted by atomic mass is 10.2. The Kier molecular flexibility index (Phi) is 5.37. The van der Waals surface area contributed by atoms with Crippen molar-refractivity contribution in [1.29, 1.82) is 0 Å². The molecule has 0 aliphatic rings. The molecule has 17 heavy (non-hydrogen) atoms. The Morgan fingerprint density at radius 2 is 2.12 bits per heavy atom. The van der Waals surface area contributed by atoms with Gasteiger partial charge >= 0.3 is 0 Å². The Bertz CT molecular complexity index is 421. The van der Waals surface area contributed by atoms with E-state index in [9.17, 15) is 13.2 Å². The van der Waals surface area contributed by atoms with E-state index < -0.39 is 18.8 Å². The fourth-order valence-corrected chi connectivity index (χ4v) is 1.09. The van der Waals surface area contributed by atoms with Gasteiger partial charge in [0.2, 0.25) is 0 Å². The van der Waals surface area contributed by atoms with E-state index in [1.165, 1.54) is 6.07 Å². The largest absolute Gasteiger partial charge is 0.486 e. The zero-order valence-electron chi connectivity index (χ0n) is 8.92. The molecule has 92 valence electrons. The predicted molar refractivity (Wildman–Crippen MR) is 56.5 cm³/mol. The molecule has 0 atom stereocenters. The normalized spacial score (nSPS) is 9.94. The zero-order chi connectivity index (χ0) is 12.7. The lowest BCUT2D eigenvalue weighted by Gasteiger charge is -2.07. The highest BCUT2D eigenvalue weighted by molar-refractivity contribution is 5.46. The van der Waals surface area contributed by atoms with E-state index in [2.05, 4.69) is 11.8 Å². The Morgan fingerprint density at radius 3 is 2.76 bits per heavy atom. The van der Waals surface area contributed by atoms with E-state index >= 15 is 0 Å². The molecule has 0 saturated carbocycles. The van der Waals surface area contributed by atoms with Gasteiger partial charge in [0.15, 0.2) is 0 Å². The van der Waals surface area contributed by atoms with Gasteiger partial charge in [0.05, 0.1) is 12.2 Å². The van der Waals surface area contributed by atoms with Crippen LogP contribution in [-0.2, 0) is 0 Å². The number of ether oxygens (including phenoxy) is 1. The number of aliphatic hydroxyl groups excluding tert-OH is 1. The zero-order valence-corrected chi connectivity index (χ0v) is 8.92. The van der Waals surface area contributed by atoms with Crippen LogP contribution in [0.5, 0.6) is 5.75 Å². The second kappa shape index (κ2) is 6.81. The average Bonchev–Trinajstić information content (AvgIpc) is 2.29. The third-order valence-corrected chi connectivity index (χ3v) is 1.77. The summed E-state index contributed by atoms with van der Waals surface area (Å²) in [5.74, 6) is 4.63. The van der Waals surface area contributed by atoms with Gasteiger partial charge in [-0.3, -0.25) is 0 Å². The Balaban J connectivity index is 2.85. The summed E-state index contributed by atoms with van der Waals surface area (Å²) in [5.41, 5.74) is 0.320. The number of benzene rings is 1. The lowest BCUT2D eigenvalue weighted by Crippen LogP contribution is -2.08. The van der Waals surface area contributed by atoms with Crippen LogP contribution in [0.2, 0.25) is 0 Å². The smallest absolute Gasteiger partial charge is 0.272 e. The van der Waals surface area contributed by atoms with Crippen molar-refractivity contribution in [2.45, 2.75) is 12.8 Å². The molecule has 0 saturated heterocycles. The van der Waals surface area contributed by atoms with Crippen LogP contribution in [0.25, 0.3) is 0 Å². The van der Waals surface area contributed by atoms with Crippen LogP contribution in [-0.4, -0.2) is 24.7 Å². The molecule has 2 nitrogen and oxygen atoms in total. The molecule has 5 heteroatoms. The van der Waals surface area contributed by atoms with Gasteiger partial charge in [-0.15, -0.1) is 0 Å². The minimum atomic E-state index is -2.63. The first-order valence-corrected chi connectivity index (χ1v) is 4.93. The fourth-order valence-electron chi connectivity index (χ4n) is 1.09. The highest BCUT2D eigenvalue weighted by Crippen LogP contribution is 2.19. The lowest BCUT2D eigenvalue weighted by molar-refractivity contribution is 0.0816. The molecular formula is C12H11F3O2. The number of halogens is 3. The maximum absolute atomic E-state index is 12.9. The van der Waals surface area contributed by atoms with Gasteiger partial charge in [0, 0.05) is 12.5 Å². The van der Waals surface area contributed by atoms with Gasteiger partial charge in [0.25, 0.3) is 6.43 Å². The molecule has 0 aromatic heterocycles. The number of hydrogen-bond donors (Lipinski definition) is 1. The highest BCUT2D eigenvalue weighted by Gasteiger charge is 2.07. The third kappa shape index (κ3) is 4.79. The summed E-state index contributed by atoms with van der Waals surface area (Å²) in [4.78, 5) is 0. The van der Waals surface area contributed by atoms with Crippen molar-refractivity contribution < 1.29 is 23.0 Å². The first-order valence-electron chi connectivity index (χ1n) is 4.93. The van der Waals surface area contributed by atoms with Crippen molar-refractivity contribution in [3.63, 3.8) is 0 Å². The summed E-state index contributed by atoms with van der Waals surface area (Å²) in [6.45, 7) is -0.903. The van der Waals surface area contributed by atoms with Gasteiger partial charge in [0.1, 0.15) is 18.2 Å². The first-order chi connectivity index (χ1) is 8.13. The number of aliphatic hydroxyl groups is 1. The first kappa shape index (κ1) is 13.4. The van der Waals surface area contributed by atoms with Crippen LogP contribution < -0.4 is 4.74 Å². The summed E-state index contributed by atoms with van der Waals surface area (Å²) >= 11 is 0. The van der Waals surface area contributed by atoms with Crippen LogP contribution in [0.15, 0.2) is 18.2 Å². The molecule has 1 aromatic rings. The van der Waals surface area contributed by atoms with E-state index in [1.54, 1.807) is 0 Å². The maximum atomic E-state index is 12.9. The third-order valence-electron chi connectivity index (χ3n) is 1.77. The standard InChI is InChI=1S/C12H11F3O2/c13-10-5-4-9(3-1-2-6-16)11(7-10)17-8-12(14)15/h4-5,7,12,16H,2,6,8H2. The molecule has 0 spiro atoms. The molecular weight excluding hydrogens is 233 g/mol. The van der Waals surface area contributed by atoms with E-state index in [-0.39, 0.29) is 18.8 Å². The van der Waals surface area contributed by atoms with Gasteiger partial charge in [-0.1, -0.05) is 11.8 Å². The van der Waals surface area contributed by atoms with Crippen molar-refractivity contribution >= 4 is 0 Å². The summed E-state index contributed by atoms with van der Waals surface area (Å²) in [6, 6.07) is 3.52. The molecule has 0 aliphatic heterocycles. The summed E-state index contributed by atoms with van der Waals surface area (Å²) in [6.07, 6.45) is -2.37. The number of rotatable bonds is 4. The van der Waals surface area contributed by atoms with Gasteiger partial charge < -0.3 is 9.84 Å². The topological polar surface area (TPSA) is 29.5 Å². The second-order valence-corrected chi connectivity index (χ2v) is 3.12. The molecule has 0 bridgehead atoms. The quantitative estimate of drug-likeness (QED) is 0.823. The summed E-state index contributed by atoms with van der Waals surface area (Å²) < 4.78 is 41.6. The van der Waals surface area contributed by atoms with Crippen LogP contribution in [0.3, 0.4) is 0 Å². The summed E-state index contributed by atoms with van der Waals surface area (Å²) in [7, 11) is 0. The van der Waals surface area contributed by atoms with Crippen molar-refractivity contribution in [1.82, 2.24) is 0 Å². The molecule has 0 radical (unpaired) electrons. The molecule has 0 aliphatic carbocycles. The van der Waals surface area contributed by atoms with Crippen LogP contribution >= 0.6 is 0 Å². The fraction of sp³-hybridized carbons (Fsp3) is 0.333. The molecule has 1 rings (SSSR count). The van der Waals surface area contributed by atoms with Gasteiger partial charge in [-0.25, -0.2) is 13.2 Å². The molecule has 1 N–H and O–H groups in total. The van der Waals surface area contributed by atoms with Crippen molar-refractivity contribution in [3.05, 3.63) is 29.6 Å². The van der Waals surface area contributed by atoms with Crippen LogP contribution in [0.4, 0.5) is 13.2 Å².